The maximum Gasteiger partial charge on any atom is 0.339 e. The number of nitrogens with one attached hydrogen (secondary N) is 1. The van der Waals surface area contributed by atoms with E-state index in [0.29, 0.717) is 11.5 Å². The van der Waals surface area contributed by atoms with E-state index in [-0.39, 0.29) is 11.7 Å². The molecule has 0 aromatic carbocycles. The van der Waals surface area contributed by atoms with Gasteiger partial charge in [-0.15, -0.1) is 10.2 Å². The summed E-state index contributed by atoms with van der Waals surface area (Å²) in [6.07, 6.45) is 3.82. The molecule has 0 amide bonds. The minimum absolute atomic E-state index is 0.189. The molecule has 2 N–H and O–H groups in total. The Bertz CT molecular complexity index is 637. The van der Waals surface area contributed by atoms with Crippen LogP contribution in [0.15, 0.2) is 21.1 Å². The molecule has 1 unspecified atom stereocenters. The number of nitrogens with zero attached hydrogens (tertiary/aromatic N) is 2. The summed E-state index contributed by atoms with van der Waals surface area (Å²) >= 11 is 2.84. The summed E-state index contributed by atoms with van der Waals surface area (Å²) in [5, 5.41) is 21.1. The third kappa shape index (κ3) is 3.79. The van der Waals surface area contributed by atoms with Gasteiger partial charge in [0.2, 0.25) is 5.13 Å². The lowest BCUT2D eigenvalue weighted by Crippen LogP contribution is -2.18. The highest BCUT2D eigenvalue weighted by molar-refractivity contribution is 8.00. The van der Waals surface area contributed by atoms with Crippen LogP contribution >= 0.6 is 23.1 Å². The Balaban J connectivity index is 1.50. The fourth-order valence-corrected chi connectivity index (χ4v) is 3.83. The molecule has 7 nitrogen and oxygen atoms in total. The summed E-state index contributed by atoms with van der Waals surface area (Å²) in [7, 11) is 0. The predicted molar refractivity (Wildman–Crippen MR) is 82.6 cm³/mol. The smallest absolute Gasteiger partial charge is 0.339 e. The number of hydrogen-bond acceptors (Lipinski definition) is 8. The zero-order valence-electron chi connectivity index (χ0n) is 11.7. The summed E-state index contributed by atoms with van der Waals surface area (Å²) in [6.45, 7) is 1.57. The molecular weight excluding hydrogens is 326 g/mol. The van der Waals surface area contributed by atoms with Gasteiger partial charge >= 0.3 is 5.97 Å². The minimum Gasteiger partial charge on any atom is -0.478 e. The second-order valence-corrected chi connectivity index (χ2v) is 6.94. The molecule has 1 aliphatic rings. The first-order chi connectivity index (χ1) is 10.7. The SMILES string of the molecule is O=C(O)c1ccoc1CSc1nnc(NCC2CCCO2)s1. The van der Waals surface area contributed by atoms with E-state index < -0.39 is 5.97 Å². The van der Waals surface area contributed by atoms with Gasteiger partial charge in [-0.1, -0.05) is 23.1 Å². The van der Waals surface area contributed by atoms with E-state index in [4.69, 9.17) is 14.3 Å². The lowest BCUT2D eigenvalue weighted by molar-refractivity contribution is 0.0695. The fraction of sp³-hybridized carbons (Fsp3) is 0.462. The van der Waals surface area contributed by atoms with Crippen LogP contribution in [0, 0.1) is 0 Å². The van der Waals surface area contributed by atoms with Crippen LogP contribution in [-0.2, 0) is 10.5 Å². The molecular formula is C13H15N3O4S2. The number of furan rings is 1. The zero-order valence-corrected chi connectivity index (χ0v) is 13.3. The van der Waals surface area contributed by atoms with Crippen molar-refractivity contribution in [3.8, 4) is 0 Å². The van der Waals surface area contributed by atoms with Crippen molar-refractivity contribution in [3.05, 3.63) is 23.7 Å². The number of anilines is 1. The average molecular weight is 341 g/mol. The first-order valence-electron chi connectivity index (χ1n) is 6.84. The highest BCUT2D eigenvalue weighted by Gasteiger charge is 2.17. The first-order valence-corrected chi connectivity index (χ1v) is 8.64. The normalized spacial score (nSPS) is 17.7. The largest absolute Gasteiger partial charge is 0.478 e. The molecule has 118 valence electrons. The Morgan fingerprint density at radius 3 is 3.23 bits per heavy atom. The molecule has 2 aromatic rings. The molecule has 1 aliphatic heterocycles. The van der Waals surface area contributed by atoms with Crippen LogP contribution < -0.4 is 5.32 Å². The van der Waals surface area contributed by atoms with Gasteiger partial charge in [0.25, 0.3) is 0 Å². The van der Waals surface area contributed by atoms with Gasteiger partial charge in [0, 0.05) is 13.2 Å². The topological polar surface area (TPSA) is 97.5 Å². The molecule has 0 radical (unpaired) electrons. The van der Waals surface area contributed by atoms with Crippen LogP contribution in [0.4, 0.5) is 5.13 Å². The van der Waals surface area contributed by atoms with E-state index in [2.05, 4.69) is 15.5 Å². The molecule has 0 aliphatic carbocycles. The quantitative estimate of drug-likeness (QED) is 0.742. The van der Waals surface area contributed by atoms with Crippen molar-refractivity contribution < 1.29 is 19.1 Å². The lowest BCUT2D eigenvalue weighted by Gasteiger charge is -2.08. The monoisotopic (exact) mass is 341 g/mol. The number of carboxylic acids is 1. The van der Waals surface area contributed by atoms with E-state index in [1.165, 1.54) is 35.4 Å². The summed E-state index contributed by atoms with van der Waals surface area (Å²) < 4.78 is 11.5. The van der Waals surface area contributed by atoms with Crippen molar-refractivity contribution in [1.82, 2.24) is 10.2 Å². The average Bonchev–Trinajstić information content (AvgIpc) is 3.23. The third-order valence-corrected chi connectivity index (χ3v) is 5.23. The molecule has 2 aromatic heterocycles. The zero-order chi connectivity index (χ0) is 15.4. The van der Waals surface area contributed by atoms with Crippen LogP contribution in [0.3, 0.4) is 0 Å². The number of carbonyl (C=O) groups is 1. The van der Waals surface area contributed by atoms with Gasteiger partial charge in [-0.3, -0.25) is 0 Å². The van der Waals surface area contributed by atoms with Gasteiger partial charge in [0.1, 0.15) is 11.3 Å². The van der Waals surface area contributed by atoms with Gasteiger partial charge < -0.3 is 19.6 Å². The summed E-state index contributed by atoms with van der Waals surface area (Å²) in [4.78, 5) is 11.0. The van der Waals surface area contributed by atoms with Crippen molar-refractivity contribution in [2.24, 2.45) is 0 Å². The lowest BCUT2D eigenvalue weighted by atomic mass is 10.2. The summed E-state index contributed by atoms with van der Waals surface area (Å²) in [5.74, 6) is -0.142. The van der Waals surface area contributed by atoms with Crippen molar-refractivity contribution in [2.75, 3.05) is 18.5 Å². The Hall–Kier alpha value is -1.58. The van der Waals surface area contributed by atoms with Crippen LogP contribution in [0.25, 0.3) is 0 Å². The van der Waals surface area contributed by atoms with Crippen molar-refractivity contribution >= 4 is 34.2 Å². The molecule has 0 bridgehead atoms. The predicted octanol–water partition coefficient (Wildman–Crippen LogP) is 2.71. The highest BCUT2D eigenvalue weighted by Crippen LogP contribution is 2.29. The molecule has 0 saturated carbocycles. The number of aromatic nitrogens is 2. The number of aromatic carboxylic acids is 1. The number of carboxylic acid groups (broad SMARTS) is 1. The second-order valence-electron chi connectivity index (χ2n) is 4.74. The van der Waals surface area contributed by atoms with E-state index in [1.807, 2.05) is 0 Å². The van der Waals surface area contributed by atoms with Gasteiger partial charge in [0.05, 0.1) is 18.1 Å². The number of thioether (sulfide) groups is 1. The highest BCUT2D eigenvalue weighted by atomic mass is 32.2. The molecule has 3 rings (SSSR count). The maximum atomic E-state index is 11.0. The number of ether oxygens (including phenoxy) is 1. The Morgan fingerprint density at radius 1 is 1.55 bits per heavy atom. The van der Waals surface area contributed by atoms with Crippen molar-refractivity contribution in [2.45, 2.75) is 29.0 Å². The van der Waals surface area contributed by atoms with Gasteiger partial charge in [-0.2, -0.15) is 0 Å². The van der Waals surface area contributed by atoms with E-state index in [1.54, 1.807) is 0 Å². The maximum absolute atomic E-state index is 11.0. The fourth-order valence-electron chi connectivity index (χ4n) is 2.12. The van der Waals surface area contributed by atoms with Gasteiger partial charge in [-0.05, 0) is 18.9 Å². The van der Waals surface area contributed by atoms with Crippen molar-refractivity contribution in [1.29, 1.82) is 0 Å². The van der Waals surface area contributed by atoms with Crippen LogP contribution in [-0.4, -0.2) is 40.5 Å². The number of rotatable bonds is 7. The molecule has 9 heteroatoms. The molecule has 22 heavy (non-hydrogen) atoms. The molecule has 0 spiro atoms. The van der Waals surface area contributed by atoms with Crippen molar-refractivity contribution in [3.63, 3.8) is 0 Å². The minimum atomic E-state index is -0.986. The standard InChI is InChI=1S/C13H15N3O4S2/c17-11(18)9-3-5-20-10(9)7-21-13-16-15-12(22-13)14-6-8-2-1-4-19-8/h3,5,8H,1-2,4,6-7H2,(H,14,15)(H,17,18). The van der Waals surface area contributed by atoms with Gasteiger partial charge in [-0.25, -0.2) is 4.79 Å². The third-order valence-electron chi connectivity index (χ3n) is 3.21. The second kappa shape index (κ2) is 7.12. The number of hydrogen-bond donors (Lipinski definition) is 2. The van der Waals surface area contributed by atoms with E-state index in [0.717, 1.165) is 35.5 Å². The molecule has 1 atom stereocenters. The first kappa shape index (κ1) is 15.3. The Morgan fingerprint density at radius 2 is 2.45 bits per heavy atom. The van der Waals surface area contributed by atoms with Gasteiger partial charge in [0.15, 0.2) is 4.34 Å². The molecule has 3 heterocycles. The van der Waals surface area contributed by atoms with Crippen LogP contribution in [0.1, 0.15) is 29.0 Å². The summed E-state index contributed by atoms with van der Waals surface area (Å²) in [5.41, 5.74) is 0.189. The molecule has 1 saturated heterocycles. The van der Waals surface area contributed by atoms with Crippen LogP contribution in [0.2, 0.25) is 0 Å². The Labute approximate surface area is 135 Å². The van der Waals surface area contributed by atoms with Crippen LogP contribution in [0.5, 0.6) is 0 Å². The van der Waals surface area contributed by atoms with E-state index in [9.17, 15) is 4.79 Å². The summed E-state index contributed by atoms with van der Waals surface area (Å²) in [6, 6.07) is 1.45. The van der Waals surface area contributed by atoms with E-state index >= 15 is 0 Å². The molecule has 1 fully saturated rings. The Kier molecular flexibility index (Phi) is 4.96.